The van der Waals surface area contributed by atoms with Crippen molar-refractivity contribution < 1.29 is 18.0 Å². The van der Waals surface area contributed by atoms with Gasteiger partial charge in [0, 0.05) is 24.9 Å². The Balaban J connectivity index is 1.60. The second-order valence-corrected chi connectivity index (χ2v) is 9.39. The molecular formula is C23H28N4O4S. The lowest BCUT2D eigenvalue weighted by Crippen LogP contribution is -2.39. The van der Waals surface area contributed by atoms with E-state index in [4.69, 9.17) is 5.73 Å². The summed E-state index contributed by atoms with van der Waals surface area (Å²) in [4.78, 5) is 26.1. The lowest BCUT2D eigenvalue weighted by atomic mass is 10.1. The zero-order valence-corrected chi connectivity index (χ0v) is 18.8. The smallest absolute Gasteiger partial charge is 0.248 e. The third-order valence-corrected chi connectivity index (χ3v) is 6.79. The largest absolute Gasteiger partial charge is 0.368 e. The van der Waals surface area contributed by atoms with Gasteiger partial charge in [-0.15, -0.1) is 0 Å². The van der Waals surface area contributed by atoms with Gasteiger partial charge in [-0.3, -0.25) is 14.5 Å². The number of carbonyl (C=O) groups excluding carboxylic acids is 2. The fourth-order valence-electron chi connectivity index (χ4n) is 3.71. The van der Waals surface area contributed by atoms with Crippen molar-refractivity contribution in [3.05, 3.63) is 65.7 Å². The van der Waals surface area contributed by atoms with E-state index >= 15 is 0 Å². The standard InChI is InChI=1S/C23H28N4O4S/c1-2-25-32(30,31)20-11-8-17(9-12-20)10-13-22(28)26-19-6-3-5-18(15-19)16-27-14-4-7-21(27)23(24)29/h3,5-6,8-13,15,21,25H,2,4,7,14,16H2,1H3,(H2,24,29)(H,26,28)/b13-10+. The average molecular weight is 457 g/mol. The Morgan fingerprint density at radius 2 is 1.94 bits per heavy atom. The second kappa shape index (κ2) is 10.5. The van der Waals surface area contributed by atoms with Gasteiger partial charge in [-0.1, -0.05) is 31.2 Å². The molecule has 2 aromatic rings. The molecule has 1 aliphatic rings. The molecule has 170 valence electrons. The molecule has 9 heteroatoms. The Hall–Kier alpha value is -3.01. The van der Waals surface area contributed by atoms with Crippen molar-refractivity contribution in [2.75, 3.05) is 18.4 Å². The normalized spacial score (nSPS) is 17.0. The van der Waals surface area contributed by atoms with Crippen LogP contribution in [0.3, 0.4) is 0 Å². The molecule has 2 aromatic carbocycles. The molecule has 0 aliphatic carbocycles. The van der Waals surface area contributed by atoms with Crippen molar-refractivity contribution in [3.63, 3.8) is 0 Å². The molecule has 1 aliphatic heterocycles. The van der Waals surface area contributed by atoms with E-state index in [1.54, 1.807) is 31.2 Å². The molecule has 1 unspecified atom stereocenters. The van der Waals surface area contributed by atoms with Crippen LogP contribution in [0.4, 0.5) is 5.69 Å². The Bertz CT molecular complexity index is 1100. The van der Waals surface area contributed by atoms with Gasteiger partial charge in [0.1, 0.15) is 0 Å². The van der Waals surface area contributed by atoms with Crippen LogP contribution in [-0.2, 0) is 26.2 Å². The number of nitrogens with zero attached hydrogens (tertiary/aromatic N) is 1. The van der Waals surface area contributed by atoms with E-state index in [2.05, 4.69) is 14.9 Å². The fourth-order valence-corrected chi connectivity index (χ4v) is 4.75. The Kier molecular flexibility index (Phi) is 7.79. The number of benzene rings is 2. The van der Waals surface area contributed by atoms with E-state index < -0.39 is 10.0 Å². The molecule has 1 heterocycles. The van der Waals surface area contributed by atoms with Gasteiger partial charge in [-0.2, -0.15) is 0 Å². The predicted molar refractivity (Wildman–Crippen MR) is 124 cm³/mol. The van der Waals surface area contributed by atoms with Crippen LogP contribution in [0.25, 0.3) is 6.08 Å². The SMILES string of the molecule is CCNS(=O)(=O)c1ccc(/C=C/C(=O)Nc2cccc(CN3CCCC3C(N)=O)c2)cc1. The zero-order valence-electron chi connectivity index (χ0n) is 18.0. The Morgan fingerprint density at radius 3 is 2.62 bits per heavy atom. The molecule has 32 heavy (non-hydrogen) atoms. The van der Waals surface area contributed by atoms with Gasteiger partial charge in [0.2, 0.25) is 21.8 Å². The topological polar surface area (TPSA) is 122 Å². The van der Waals surface area contributed by atoms with Crippen LogP contribution in [0.5, 0.6) is 0 Å². The number of primary amides is 1. The molecule has 2 amide bonds. The third kappa shape index (κ3) is 6.25. The summed E-state index contributed by atoms with van der Waals surface area (Å²) >= 11 is 0. The van der Waals surface area contributed by atoms with Crippen LogP contribution >= 0.6 is 0 Å². The van der Waals surface area contributed by atoms with Gasteiger partial charge < -0.3 is 11.1 Å². The molecule has 4 N–H and O–H groups in total. The Labute approximate surface area is 188 Å². The highest BCUT2D eigenvalue weighted by Gasteiger charge is 2.28. The molecule has 3 rings (SSSR count). The fraction of sp³-hybridized carbons (Fsp3) is 0.304. The van der Waals surface area contributed by atoms with Crippen molar-refractivity contribution in [2.45, 2.75) is 37.2 Å². The molecule has 0 saturated carbocycles. The predicted octanol–water partition coefficient (Wildman–Crippen LogP) is 2.09. The minimum absolute atomic E-state index is 0.175. The number of hydrogen-bond donors (Lipinski definition) is 3. The van der Waals surface area contributed by atoms with Crippen molar-refractivity contribution in [2.24, 2.45) is 5.73 Å². The molecular weight excluding hydrogens is 428 g/mol. The summed E-state index contributed by atoms with van der Waals surface area (Å²) in [5.74, 6) is -0.605. The first-order chi connectivity index (χ1) is 15.3. The quantitative estimate of drug-likeness (QED) is 0.499. The van der Waals surface area contributed by atoms with Crippen LogP contribution in [-0.4, -0.2) is 44.3 Å². The zero-order chi connectivity index (χ0) is 23.1. The number of likely N-dealkylation sites (tertiary alicyclic amines) is 1. The second-order valence-electron chi connectivity index (χ2n) is 7.62. The van der Waals surface area contributed by atoms with Crippen molar-refractivity contribution in [1.29, 1.82) is 0 Å². The van der Waals surface area contributed by atoms with Gasteiger partial charge in [0.25, 0.3) is 0 Å². The van der Waals surface area contributed by atoms with Crippen LogP contribution in [0.2, 0.25) is 0 Å². The first-order valence-corrected chi connectivity index (χ1v) is 12.0. The first-order valence-electron chi connectivity index (χ1n) is 10.5. The van der Waals surface area contributed by atoms with E-state index in [-0.39, 0.29) is 22.8 Å². The van der Waals surface area contributed by atoms with E-state index in [1.165, 1.54) is 18.2 Å². The maximum Gasteiger partial charge on any atom is 0.248 e. The van der Waals surface area contributed by atoms with Crippen LogP contribution in [0.15, 0.2) is 59.5 Å². The Morgan fingerprint density at radius 1 is 1.19 bits per heavy atom. The molecule has 1 atom stereocenters. The summed E-state index contributed by atoms with van der Waals surface area (Å²) in [5, 5.41) is 2.82. The van der Waals surface area contributed by atoms with Gasteiger partial charge >= 0.3 is 0 Å². The van der Waals surface area contributed by atoms with Crippen molar-refractivity contribution in [3.8, 4) is 0 Å². The number of hydrogen-bond acceptors (Lipinski definition) is 5. The summed E-state index contributed by atoms with van der Waals surface area (Å²) in [6.45, 7) is 3.44. The van der Waals surface area contributed by atoms with Gasteiger partial charge in [-0.05, 0) is 60.9 Å². The summed E-state index contributed by atoms with van der Waals surface area (Å²) in [7, 11) is -3.50. The summed E-state index contributed by atoms with van der Waals surface area (Å²) in [6.07, 6.45) is 4.73. The van der Waals surface area contributed by atoms with Crippen LogP contribution in [0.1, 0.15) is 30.9 Å². The first kappa shape index (κ1) is 23.6. The van der Waals surface area contributed by atoms with E-state index in [1.807, 2.05) is 18.2 Å². The highest BCUT2D eigenvalue weighted by atomic mass is 32.2. The molecule has 1 saturated heterocycles. The van der Waals surface area contributed by atoms with Crippen LogP contribution < -0.4 is 15.8 Å². The third-order valence-electron chi connectivity index (χ3n) is 5.22. The van der Waals surface area contributed by atoms with Crippen molar-refractivity contribution >= 4 is 33.6 Å². The van der Waals surface area contributed by atoms with Crippen LogP contribution in [0, 0.1) is 0 Å². The number of sulfonamides is 1. The van der Waals surface area contributed by atoms with E-state index in [0.29, 0.717) is 24.3 Å². The molecule has 8 nitrogen and oxygen atoms in total. The molecule has 0 bridgehead atoms. The summed E-state index contributed by atoms with van der Waals surface area (Å²) in [6, 6.07) is 13.5. The van der Waals surface area contributed by atoms with Gasteiger partial charge in [0.05, 0.1) is 10.9 Å². The average Bonchev–Trinajstić information content (AvgIpc) is 3.21. The number of anilines is 1. The summed E-state index contributed by atoms with van der Waals surface area (Å²) < 4.78 is 26.4. The number of rotatable bonds is 9. The minimum Gasteiger partial charge on any atom is -0.368 e. The number of nitrogens with one attached hydrogen (secondary N) is 2. The van der Waals surface area contributed by atoms with Gasteiger partial charge in [0.15, 0.2) is 0 Å². The maximum atomic E-state index is 12.3. The molecule has 0 spiro atoms. The molecule has 0 radical (unpaired) electrons. The highest BCUT2D eigenvalue weighted by molar-refractivity contribution is 7.89. The molecule has 1 fully saturated rings. The van der Waals surface area contributed by atoms with E-state index in [0.717, 1.165) is 24.9 Å². The lowest BCUT2D eigenvalue weighted by molar-refractivity contribution is -0.122. The number of nitrogens with two attached hydrogens (primary N) is 1. The summed E-state index contributed by atoms with van der Waals surface area (Å²) in [5.41, 5.74) is 7.82. The number of amides is 2. The monoisotopic (exact) mass is 456 g/mol. The van der Waals surface area contributed by atoms with Gasteiger partial charge in [-0.25, -0.2) is 13.1 Å². The minimum atomic E-state index is -3.50. The molecule has 0 aromatic heterocycles. The number of carbonyl (C=O) groups is 2. The maximum absolute atomic E-state index is 12.3. The van der Waals surface area contributed by atoms with Crippen molar-refractivity contribution in [1.82, 2.24) is 9.62 Å². The lowest BCUT2D eigenvalue weighted by Gasteiger charge is -2.22. The van der Waals surface area contributed by atoms with E-state index in [9.17, 15) is 18.0 Å². The highest BCUT2D eigenvalue weighted by Crippen LogP contribution is 2.21.